The van der Waals surface area contributed by atoms with Crippen LogP contribution in [-0.2, 0) is 9.47 Å². The van der Waals surface area contributed by atoms with Gasteiger partial charge in [0, 0.05) is 20.2 Å². The first-order valence-electron chi connectivity index (χ1n) is 11.9. The zero-order chi connectivity index (χ0) is 22.0. The molecule has 7 nitrogen and oxygen atoms in total. The number of nitrogens with zero attached hydrogens (tertiary/aromatic N) is 4. The number of anilines is 1. The Kier molecular flexibility index (Phi) is 6.80. The lowest BCUT2D eigenvalue weighted by atomic mass is 9.95. The van der Waals surface area contributed by atoms with Gasteiger partial charge in [0.15, 0.2) is 11.3 Å². The standard InChI is InChI=1S/C24H36N4O3/c1-5-31-24(29)19-15-20(27-13-11-18(30-4)12-14-27)21-22(16(2)3)26-28(23(21)25-19)17-9-7-6-8-10-17/h15-18H,5-14H2,1-4H3. The van der Waals surface area contributed by atoms with Crippen LogP contribution in [0.4, 0.5) is 5.69 Å². The quantitative estimate of drug-likeness (QED) is 0.613. The first-order chi connectivity index (χ1) is 15.0. The van der Waals surface area contributed by atoms with Crippen molar-refractivity contribution in [3.05, 3.63) is 17.5 Å². The van der Waals surface area contributed by atoms with E-state index >= 15 is 0 Å². The van der Waals surface area contributed by atoms with E-state index in [1.54, 1.807) is 7.11 Å². The fourth-order valence-electron chi connectivity index (χ4n) is 5.02. The Bertz CT molecular complexity index is 909. The molecule has 2 aromatic rings. The number of methoxy groups -OCH3 is 1. The third-order valence-corrected chi connectivity index (χ3v) is 6.74. The number of carbonyl (C=O) groups is 1. The van der Waals surface area contributed by atoms with E-state index < -0.39 is 0 Å². The molecule has 170 valence electrons. The van der Waals surface area contributed by atoms with Gasteiger partial charge in [0.1, 0.15) is 0 Å². The molecule has 1 aliphatic carbocycles. The van der Waals surface area contributed by atoms with Crippen molar-refractivity contribution >= 4 is 22.7 Å². The third kappa shape index (κ3) is 4.43. The summed E-state index contributed by atoms with van der Waals surface area (Å²) in [6.45, 7) is 8.33. The van der Waals surface area contributed by atoms with E-state index in [4.69, 9.17) is 19.6 Å². The predicted molar refractivity (Wildman–Crippen MR) is 122 cm³/mol. The van der Waals surface area contributed by atoms with Gasteiger partial charge in [-0.25, -0.2) is 14.5 Å². The maximum absolute atomic E-state index is 12.7. The molecule has 1 saturated heterocycles. The highest BCUT2D eigenvalue weighted by atomic mass is 16.5. The van der Waals surface area contributed by atoms with Crippen LogP contribution in [0.25, 0.3) is 11.0 Å². The summed E-state index contributed by atoms with van der Waals surface area (Å²) in [6, 6.07) is 2.27. The number of ether oxygens (including phenoxy) is 2. The second-order valence-corrected chi connectivity index (χ2v) is 9.14. The minimum atomic E-state index is -0.361. The van der Waals surface area contributed by atoms with Crippen molar-refractivity contribution in [1.82, 2.24) is 14.8 Å². The van der Waals surface area contributed by atoms with Crippen molar-refractivity contribution in [2.24, 2.45) is 0 Å². The van der Waals surface area contributed by atoms with E-state index in [1.807, 2.05) is 13.0 Å². The molecule has 4 rings (SSSR count). The van der Waals surface area contributed by atoms with E-state index in [0.717, 1.165) is 61.2 Å². The number of fused-ring (bicyclic) bond motifs is 1. The van der Waals surface area contributed by atoms with Crippen molar-refractivity contribution in [2.45, 2.75) is 83.8 Å². The van der Waals surface area contributed by atoms with Gasteiger partial charge in [0.25, 0.3) is 0 Å². The SMILES string of the molecule is CCOC(=O)c1cc(N2CCC(OC)CC2)c2c(C(C)C)nn(C3CCCCC3)c2n1. The molecule has 1 aliphatic heterocycles. The number of pyridine rings is 1. The summed E-state index contributed by atoms with van der Waals surface area (Å²) in [5.41, 5.74) is 3.36. The van der Waals surface area contributed by atoms with Gasteiger partial charge in [-0.3, -0.25) is 0 Å². The molecule has 2 aliphatic rings. The zero-order valence-electron chi connectivity index (χ0n) is 19.4. The van der Waals surface area contributed by atoms with E-state index in [1.165, 1.54) is 19.3 Å². The minimum Gasteiger partial charge on any atom is -0.461 e. The molecule has 0 radical (unpaired) electrons. The first-order valence-corrected chi connectivity index (χ1v) is 11.9. The normalized spacial score (nSPS) is 18.8. The van der Waals surface area contributed by atoms with Gasteiger partial charge < -0.3 is 14.4 Å². The average Bonchev–Trinajstić information content (AvgIpc) is 3.19. The molecule has 3 heterocycles. The Morgan fingerprint density at radius 3 is 2.48 bits per heavy atom. The van der Waals surface area contributed by atoms with Crippen LogP contribution in [0.5, 0.6) is 0 Å². The molecule has 0 amide bonds. The van der Waals surface area contributed by atoms with Crippen LogP contribution in [0, 0.1) is 0 Å². The predicted octanol–water partition coefficient (Wildman–Crippen LogP) is 4.85. The largest absolute Gasteiger partial charge is 0.461 e. The van der Waals surface area contributed by atoms with Crippen LogP contribution in [0.1, 0.15) is 93.9 Å². The summed E-state index contributed by atoms with van der Waals surface area (Å²) in [5.74, 6) is -0.0854. The lowest BCUT2D eigenvalue weighted by Gasteiger charge is -2.33. The molecule has 2 aromatic heterocycles. The van der Waals surface area contributed by atoms with Crippen molar-refractivity contribution in [3.8, 4) is 0 Å². The molecule has 31 heavy (non-hydrogen) atoms. The number of aromatic nitrogens is 3. The van der Waals surface area contributed by atoms with E-state index in [0.29, 0.717) is 24.4 Å². The molecule has 0 bridgehead atoms. The smallest absolute Gasteiger partial charge is 0.357 e. The molecular weight excluding hydrogens is 392 g/mol. The Morgan fingerprint density at radius 2 is 1.87 bits per heavy atom. The zero-order valence-corrected chi connectivity index (χ0v) is 19.4. The molecule has 0 aromatic carbocycles. The summed E-state index contributed by atoms with van der Waals surface area (Å²) in [7, 11) is 1.79. The fraction of sp³-hybridized carbons (Fsp3) is 0.708. The monoisotopic (exact) mass is 428 g/mol. The second kappa shape index (κ2) is 9.55. The van der Waals surface area contributed by atoms with Crippen molar-refractivity contribution < 1.29 is 14.3 Å². The molecule has 0 unspecified atom stereocenters. The average molecular weight is 429 g/mol. The maximum atomic E-state index is 12.7. The van der Waals surface area contributed by atoms with E-state index in [9.17, 15) is 4.79 Å². The highest BCUT2D eigenvalue weighted by Gasteiger charge is 2.29. The van der Waals surface area contributed by atoms with Crippen LogP contribution in [0.15, 0.2) is 6.07 Å². The summed E-state index contributed by atoms with van der Waals surface area (Å²) < 4.78 is 13.0. The Balaban J connectivity index is 1.86. The fourth-order valence-corrected chi connectivity index (χ4v) is 5.02. The van der Waals surface area contributed by atoms with E-state index in [2.05, 4.69) is 23.4 Å². The van der Waals surface area contributed by atoms with Crippen molar-refractivity contribution in [1.29, 1.82) is 0 Å². The van der Waals surface area contributed by atoms with Gasteiger partial charge in [-0.2, -0.15) is 5.10 Å². The van der Waals surface area contributed by atoms with Crippen molar-refractivity contribution in [3.63, 3.8) is 0 Å². The minimum absolute atomic E-state index is 0.276. The van der Waals surface area contributed by atoms with Crippen LogP contribution in [0.2, 0.25) is 0 Å². The number of hydrogen-bond donors (Lipinski definition) is 0. The van der Waals surface area contributed by atoms with Crippen LogP contribution in [-0.4, -0.2) is 53.6 Å². The van der Waals surface area contributed by atoms with Gasteiger partial charge in [0.05, 0.1) is 35.5 Å². The van der Waals surface area contributed by atoms with Crippen molar-refractivity contribution in [2.75, 3.05) is 31.7 Å². The van der Waals surface area contributed by atoms with Gasteiger partial charge in [-0.1, -0.05) is 33.1 Å². The van der Waals surface area contributed by atoms with Crippen LogP contribution in [0.3, 0.4) is 0 Å². The topological polar surface area (TPSA) is 69.5 Å². The number of carbonyl (C=O) groups excluding carboxylic acids is 1. The molecule has 7 heteroatoms. The maximum Gasteiger partial charge on any atom is 0.357 e. The number of rotatable bonds is 6. The van der Waals surface area contributed by atoms with Gasteiger partial charge in [-0.05, 0) is 44.6 Å². The second-order valence-electron chi connectivity index (χ2n) is 9.14. The molecular formula is C24H36N4O3. The molecule has 0 N–H and O–H groups in total. The Hall–Kier alpha value is -2.15. The van der Waals surface area contributed by atoms with Crippen LogP contribution >= 0.6 is 0 Å². The Morgan fingerprint density at radius 1 is 1.16 bits per heavy atom. The summed E-state index contributed by atoms with van der Waals surface area (Å²) in [5, 5.41) is 6.20. The summed E-state index contributed by atoms with van der Waals surface area (Å²) in [6.07, 6.45) is 8.21. The lowest BCUT2D eigenvalue weighted by Crippen LogP contribution is -2.37. The molecule has 0 atom stereocenters. The first kappa shape index (κ1) is 22.1. The molecule has 0 spiro atoms. The number of hydrogen-bond acceptors (Lipinski definition) is 6. The lowest BCUT2D eigenvalue weighted by molar-refractivity contribution is 0.0519. The number of esters is 1. The van der Waals surface area contributed by atoms with Gasteiger partial charge in [-0.15, -0.1) is 0 Å². The van der Waals surface area contributed by atoms with E-state index in [-0.39, 0.29) is 11.9 Å². The third-order valence-electron chi connectivity index (χ3n) is 6.74. The Labute approximate surface area is 185 Å². The molecule has 2 fully saturated rings. The van der Waals surface area contributed by atoms with Crippen LogP contribution < -0.4 is 4.90 Å². The summed E-state index contributed by atoms with van der Waals surface area (Å²) >= 11 is 0. The van der Waals surface area contributed by atoms with Gasteiger partial charge in [0.2, 0.25) is 0 Å². The highest BCUT2D eigenvalue weighted by Crippen LogP contribution is 2.38. The van der Waals surface area contributed by atoms with Gasteiger partial charge >= 0.3 is 5.97 Å². The summed E-state index contributed by atoms with van der Waals surface area (Å²) in [4.78, 5) is 19.9. The number of piperidine rings is 1. The highest BCUT2D eigenvalue weighted by molar-refractivity contribution is 5.98. The molecule has 1 saturated carbocycles.